The Kier molecular flexibility index (Phi) is 3.79. The summed E-state index contributed by atoms with van der Waals surface area (Å²) in [6.07, 6.45) is 1.36. The lowest BCUT2D eigenvalue weighted by molar-refractivity contribution is -0.131. The summed E-state index contributed by atoms with van der Waals surface area (Å²) in [6.45, 7) is 0.449. The van der Waals surface area contributed by atoms with Crippen LogP contribution in [0.4, 0.5) is 10.5 Å². The maximum Gasteiger partial charge on any atom is 0.404 e. The lowest BCUT2D eigenvalue weighted by Crippen LogP contribution is -2.53. The standard InChI is InChI=1S/C19H19N3O4/c1-25-13-6-4-12(5-7-13)11-22-15-3-2-8-21-16(15)19(17(22)23)9-14(10-19)26-18(20)24/h2-8,14H,9-11H2,1H3,(H2,20,24). The van der Waals surface area contributed by atoms with Crippen molar-refractivity contribution >= 4 is 17.7 Å². The number of primary amides is 1. The highest BCUT2D eigenvalue weighted by atomic mass is 16.6. The fourth-order valence-corrected chi connectivity index (χ4v) is 3.86. The second-order valence-electron chi connectivity index (χ2n) is 6.66. The molecule has 1 fully saturated rings. The van der Waals surface area contributed by atoms with Crippen molar-refractivity contribution in [2.24, 2.45) is 5.73 Å². The van der Waals surface area contributed by atoms with Gasteiger partial charge in [0.15, 0.2) is 0 Å². The van der Waals surface area contributed by atoms with E-state index in [-0.39, 0.29) is 12.0 Å². The lowest BCUT2D eigenvalue weighted by atomic mass is 9.65. The number of anilines is 1. The van der Waals surface area contributed by atoms with Crippen LogP contribution in [0.5, 0.6) is 5.75 Å². The normalized spacial score (nSPS) is 23.5. The molecule has 134 valence electrons. The van der Waals surface area contributed by atoms with Crippen molar-refractivity contribution in [2.45, 2.75) is 30.9 Å². The van der Waals surface area contributed by atoms with Crippen molar-refractivity contribution in [3.05, 3.63) is 53.9 Å². The van der Waals surface area contributed by atoms with Crippen molar-refractivity contribution in [1.82, 2.24) is 4.98 Å². The van der Waals surface area contributed by atoms with Crippen LogP contribution in [-0.2, 0) is 21.5 Å². The maximum absolute atomic E-state index is 13.2. The van der Waals surface area contributed by atoms with Gasteiger partial charge in [0.05, 0.1) is 25.0 Å². The number of carbonyl (C=O) groups excluding carboxylic acids is 2. The first kappa shape index (κ1) is 16.4. The molecule has 0 atom stereocenters. The molecule has 1 aliphatic carbocycles. The van der Waals surface area contributed by atoms with Gasteiger partial charge in [-0.25, -0.2) is 4.79 Å². The molecule has 7 heteroatoms. The highest BCUT2D eigenvalue weighted by molar-refractivity contribution is 6.08. The number of benzene rings is 1. The minimum Gasteiger partial charge on any atom is -0.497 e. The van der Waals surface area contributed by atoms with Gasteiger partial charge in [-0.1, -0.05) is 12.1 Å². The molecule has 26 heavy (non-hydrogen) atoms. The van der Waals surface area contributed by atoms with E-state index in [4.69, 9.17) is 15.2 Å². The molecule has 0 saturated heterocycles. The van der Waals surface area contributed by atoms with Crippen LogP contribution in [0.15, 0.2) is 42.6 Å². The molecule has 1 aliphatic heterocycles. The largest absolute Gasteiger partial charge is 0.497 e. The van der Waals surface area contributed by atoms with Crippen LogP contribution in [0.1, 0.15) is 24.1 Å². The fraction of sp³-hybridized carbons (Fsp3) is 0.316. The molecule has 1 aromatic carbocycles. The van der Waals surface area contributed by atoms with Gasteiger partial charge in [0.25, 0.3) is 0 Å². The number of methoxy groups -OCH3 is 1. The van der Waals surface area contributed by atoms with Crippen LogP contribution >= 0.6 is 0 Å². The van der Waals surface area contributed by atoms with E-state index in [9.17, 15) is 9.59 Å². The smallest absolute Gasteiger partial charge is 0.404 e. The molecule has 1 saturated carbocycles. The quantitative estimate of drug-likeness (QED) is 0.909. The Labute approximate surface area is 150 Å². The molecule has 2 heterocycles. The zero-order valence-corrected chi connectivity index (χ0v) is 14.3. The molecule has 0 bridgehead atoms. The van der Waals surface area contributed by atoms with Gasteiger partial charge in [-0.3, -0.25) is 9.78 Å². The average molecular weight is 353 g/mol. The van der Waals surface area contributed by atoms with E-state index in [1.807, 2.05) is 36.4 Å². The number of amides is 2. The van der Waals surface area contributed by atoms with E-state index < -0.39 is 11.5 Å². The van der Waals surface area contributed by atoms with Crippen LogP contribution in [0.25, 0.3) is 0 Å². The summed E-state index contributed by atoms with van der Waals surface area (Å²) in [7, 11) is 1.62. The third kappa shape index (κ3) is 2.47. The molecule has 7 nitrogen and oxygen atoms in total. The Morgan fingerprint density at radius 1 is 1.31 bits per heavy atom. The molecule has 1 aromatic heterocycles. The van der Waals surface area contributed by atoms with Crippen molar-refractivity contribution in [1.29, 1.82) is 0 Å². The number of hydrogen-bond donors (Lipinski definition) is 1. The topological polar surface area (TPSA) is 94.7 Å². The summed E-state index contributed by atoms with van der Waals surface area (Å²) < 4.78 is 10.2. The van der Waals surface area contributed by atoms with E-state index in [2.05, 4.69) is 4.98 Å². The number of rotatable bonds is 4. The van der Waals surface area contributed by atoms with E-state index in [1.54, 1.807) is 18.2 Å². The molecular formula is C19H19N3O4. The van der Waals surface area contributed by atoms with E-state index >= 15 is 0 Å². The van der Waals surface area contributed by atoms with Gasteiger partial charge in [-0.05, 0) is 29.8 Å². The number of hydrogen-bond acceptors (Lipinski definition) is 5. The number of nitrogens with two attached hydrogens (primary N) is 1. The van der Waals surface area contributed by atoms with E-state index in [0.29, 0.717) is 19.4 Å². The van der Waals surface area contributed by atoms with Crippen LogP contribution in [0.3, 0.4) is 0 Å². The number of ether oxygens (including phenoxy) is 2. The highest BCUT2D eigenvalue weighted by Crippen LogP contribution is 2.53. The Balaban J connectivity index is 1.61. The Bertz CT molecular complexity index is 859. The summed E-state index contributed by atoms with van der Waals surface area (Å²) in [5.41, 5.74) is 6.93. The Hall–Kier alpha value is -3.09. The molecule has 2 aliphatic rings. The SMILES string of the molecule is COc1ccc(CN2C(=O)C3(CC(OC(N)=O)C3)c3ncccc32)cc1. The zero-order chi connectivity index (χ0) is 18.3. The Morgan fingerprint density at radius 2 is 2.04 bits per heavy atom. The Morgan fingerprint density at radius 3 is 2.69 bits per heavy atom. The van der Waals surface area contributed by atoms with Crippen molar-refractivity contribution in [3.63, 3.8) is 0 Å². The number of aromatic nitrogens is 1. The number of pyridine rings is 1. The molecule has 0 radical (unpaired) electrons. The van der Waals surface area contributed by atoms with Crippen LogP contribution in [0, 0.1) is 0 Å². The van der Waals surface area contributed by atoms with Gasteiger partial charge in [0.1, 0.15) is 17.3 Å². The number of fused-ring (bicyclic) bond motifs is 2. The molecule has 2 amide bonds. The highest BCUT2D eigenvalue weighted by Gasteiger charge is 2.60. The summed E-state index contributed by atoms with van der Waals surface area (Å²) in [4.78, 5) is 30.4. The summed E-state index contributed by atoms with van der Waals surface area (Å²) >= 11 is 0. The van der Waals surface area contributed by atoms with Gasteiger partial charge in [0.2, 0.25) is 5.91 Å². The maximum atomic E-state index is 13.2. The molecule has 1 spiro atoms. The van der Waals surface area contributed by atoms with Crippen molar-refractivity contribution in [2.75, 3.05) is 12.0 Å². The third-order valence-corrected chi connectivity index (χ3v) is 5.12. The predicted molar refractivity (Wildman–Crippen MR) is 93.8 cm³/mol. The fourth-order valence-electron chi connectivity index (χ4n) is 3.86. The van der Waals surface area contributed by atoms with Crippen molar-refractivity contribution in [3.8, 4) is 5.75 Å². The van der Waals surface area contributed by atoms with E-state index in [0.717, 1.165) is 22.7 Å². The molecule has 0 unspecified atom stereocenters. The van der Waals surface area contributed by atoms with Gasteiger partial charge in [0, 0.05) is 19.0 Å². The van der Waals surface area contributed by atoms with Gasteiger partial charge in [-0.2, -0.15) is 0 Å². The minimum absolute atomic E-state index is 0.00802. The van der Waals surface area contributed by atoms with Crippen molar-refractivity contribution < 1.29 is 19.1 Å². The third-order valence-electron chi connectivity index (χ3n) is 5.12. The predicted octanol–water partition coefficient (Wildman–Crippen LogP) is 2.13. The average Bonchev–Trinajstić information content (AvgIpc) is 2.85. The zero-order valence-electron chi connectivity index (χ0n) is 14.3. The van der Waals surface area contributed by atoms with Gasteiger partial charge in [-0.15, -0.1) is 0 Å². The van der Waals surface area contributed by atoms with Gasteiger partial charge < -0.3 is 20.1 Å². The summed E-state index contributed by atoms with van der Waals surface area (Å²) in [6, 6.07) is 11.3. The second-order valence-corrected chi connectivity index (χ2v) is 6.66. The first-order valence-electron chi connectivity index (χ1n) is 8.40. The van der Waals surface area contributed by atoms with E-state index in [1.165, 1.54) is 0 Å². The summed E-state index contributed by atoms with van der Waals surface area (Å²) in [5, 5.41) is 0. The molecule has 2 N–H and O–H groups in total. The lowest BCUT2D eigenvalue weighted by Gasteiger charge is -2.41. The first-order valence-corrected chi connectivity index (χ1v) is 8.40. The van der Waals surface area contributed by atoms with Crippen LogP contribution in [0.2, 0.25) is 0 Å². The van der Waals surface area contributed by atoms with Crippen LogP contribution < -0.4 is 15.4 Å². The monoisotopic (exact) mass is 353 g/mol. The molecule has 2 aromatic rings. The first-order chi connectivity index (χ1) is 12.5. The number of carbonyl (C=O) groups is 2. The van der Waals surface area contributed by atoms with Crippen LogP contribution in [-0.4, -0.2) is 30.2 Å². The number of nitrogens with zero attached hydrogens (tertiary/aromatic N) is 2. The second kappa shape index (κ2) is 6.01. The summed E-state index contributed by atoms with van der Waals surface area (Å²) in [5.74, 6) is 0.761. The molecular weight excluding hydrogens is 334 g/mol. The van der Waals surface area contributed by atoms with Gasteiger partial charge >= 0.3 is 6.09 Å². The molecule has 4 rings (SSSR count). The minimum atomic E-state index is -0.813.